The molecule has 2 aromatic rings. The van der Waals surface area contributed by atoms with Crippen molar-refractivity contribution in [3.05, 3.63) is 58.6 Å². The highest BCUT2D eigenvalue weighted by molar-refractivity contribution is 6.30. The third-order valence-corrected chi connectivity index (χ3v) is 6.06. The molecule has 31 heavy (non-hydrogen) atoms. The Hall–Kier alpha value is -1.95. The molecule has 3 rings (SSSR count). The molecule has 0 spiro atoms. The predicted octanol–water partition coefficient (Wildman–Crippen LogP) is 5.27. The lowest BCUT2D eigenvalue weighted by atomic mass is 9.83. The van der Waals surface area contributed by atoms with E-state index in [2.05, 4.69) is 5.32 Å². The first-order chi connectivity index (χ1) is 15.0. The molecule has 1 aliphatic carbocycles. The van der Waals surface area contributed by atoms with Crippen molar-refractivity contribution in [2.75, 3.05) is 13.2 Å². The number of carbonyl (C=O) groups excluding carboxylic acids is 1. The number of carbonyl (C=O) groups is 1. The molecule has 0 unspecified atom stereocenters. The van der Waals surface area contributed by atoms with E-state index in [1.54, 1.807) is 48.5 Å². The van der Waals surface area contributed by atoms with Gasteiger partial charge in [-0.15, -0.1) is 0 Å². The molecule has 168 valence electrons. The third kappa shape index (κ3) is 8.60. The summed E-state index contributed by atoms with van der Waals surface area (Å²) >= 11 is 11.7. The SMILES string of the molecule is O=C(COc1ccc(Cl)cc1)NC1CCC(CC[C@@H](O)COc2ccc(Cl)cc2)CC1. The monoisotopic (exact) mass is 465 g/mol. The maximum atomic E-state index is 12.1. The summed E-state index contributed by atoms with van der Waals surface area (Å²) in [6, 6.07) is 14.3. The molecule has 1 atom stereocenters. The van der Waals surface area contributed by atoms with Crippen LogP contribution in [0, 0.1) is 5.92 Å². The van der Waals surface area contributed by atoms with Gasteiger partial charge in [-0.25, -0.2) is 0 Å². The van der Waals surface area contributed by atoms with Gasteiger partial charge in [0.25, 0.3) is 5.91 Å². The summed E-state index contributed by atoms with van der Waals surface area (Å²) in [6.45, 7) is 0.280. The molecule has 1 amide bonds. The van der Waals surface area contributed by atoms with E-state index >= 15 is 0 Å². The molecule has 2 aromatic carbocycles. The third-order valence-electron chi connectivity index (χ3n) is 5.56. The number of aliphatic hydroxyl groups is 1. The maximum Gasteiger partial charge on any atom is 0.258 e. The van der Waals surface area contributed by atoms with E-state index in [0.29, 0.717) is 33.9 Å². The van der Waals surface area contributed by atoms with Crippen LogP contribution >= 0.6 is 23.2 Å². The first-order valence-electron chi connectivity index (χ1n) is 10.7. The van der Waals surface area contributed by atoms with Crippen molar-refractivity contribution in [1.29, 1.82) is 0 Å². The van der Waals surface area contributed by atoms with Crippen molar-refractivity contribution in [2.24, 2.45) is 5.92 Å². The van der Waals surface area contributed by atoms with Crippen molar-refractivity contribution < 1.29 is 19.4 Å². The van der Waals surface area contributed by atoms with Gasteiger partial charge in [0.1, 0.15) is 18.1 Å². The van der Waals surface area contributed by atoms with E-state index in [4.69, 9.17) is 32.7 Å². The van der Waals surface area contributed by atoms with Crippen LogP contribution in [0.25, 0.3) is 0 Å². The molecule has 1 fully saturated rings. The number of nitrogens with one attached hydrogen (secondary N) is 1. The summed E-state index contributed by atoms with van der Waals surface area (Å²) in [7, 11) is 0. The lowest BCUT2D eigenvalue weighted by molar-refractivity contribution is -0.124. The Balaban J connectivity index is 1.27. The van der Waals surface area contributed by atoms with Crippen LogP contribution in [0.3, 0.4) is 0 Å². The molecule has 7 heteroatoms. The number of hydrogen-bond acceptors (Lipinski definition) is 4. The molecule has 1 saturated carbocycles. The summed E-state index contributed by atoms with van der Waals surface area (Å²) in [5, 5.41) is 14.6. The average molecular weight is 466 g/mol. The Kier molecular flexibility index (Phi) is 9.31. The minimum Gasteiger partial charge on any atom is -0.491 e. The second kappa shape index (κ2) is 12.2. The molecule has 0 aliphatic heterocycles. The number of benzene rings is 2. The van der Waals surface area contributed by atoms with Gasteiger partial charge >= 0.3 is 0 Å². The first-order valence-corrected chi connectivity index (χ1v) is 11.5. The van der Waals surface area contributed by atoms with Gasteiger partial charge in [-0.1, -0.05) is 23.2 Å². The Morgan fingerprint density at radius 3 is 2.06 bits per heavy atom. The van der Waals surface area contributed by atoms with Crippen LogP contribution in [-0.2, 0) is 4.79 Å². The van der Waals surface area contributed by atoms with E-state index < -0.39 is 6.10 Å². The molecule has 0 bridgehead atoms. The van der Waals surface area contributed by atoms with Gasteiger partial charge in [-0.2, -0.15) is 0 Å². The van der Waals surface area contributed by atoms with Crippen molar-refractivity contribution in [1.82, 2.24) is 5.32 Å². The van der Waals surface area contributed by atoms with Gasteiger partial charge in [-0.05, 0) is 93.0 Å². The second-order valence-electron chi connectivity index (χ2n) is 8.02. The number of rotatable bonds is 10. The Morgan fingerprint density at radius 2 is 1.48 bits per heavy atom. The molecule has 0 radical (unpaired) electrons. The summed E-state index contributed by atoms with van der Waals surface area (Å²) in [6.07, 6.45) is 5.19. The quantitative estimate of drug-likeness (QED) is 0.501. The van der Waals surface area contributed by atoms with E-state index in [1.807, 2.05) is 0 Å². The van der Waals surface area contributed by atoms with Gasteiger partial charge in [0.15, 0.2) is 6.61 Å². The van der Waals surface area contributed by atoms with E-state index in [9.17, 15) is 9.90 Å². The van der Waals surface area contributed by atoms with Crippen LogP contribution in [0.2, 0.25) is 10.0 Å². The van der Waals surface area contributed by atoms with Crippen LogP contribution in [0.4, 0.5) is 0 Å². The molecule has 0 aromatic heterocycles. The summed E-state index contributed by atoms with van der Waals surface area (Å²) in [5.74, 6) is 1.80. The number of ether oxygens (including phenoxy) is 2. The fourth-order valence-electron chi connectivity index (χ4n) is 3.78. The number of amides is 1. The fourth-order valence-corrected chi connectivity index (χ4v) is 4.03. The van der Waals surface area contributed by atoms with Gasteiger partial charge in [0.05, 0.1) is 6.10 Å². The van der Waals surface area contributed by atoms with Gasteiger partial charge < -0.3 is 19.9 Å². The minimum absolute atomic E-state index is 0.00136. The van der Waals surface area contributed by atoms with Crippen LogP contribution in [0.5, 0.6) is 11.5 Å². The summed E-state index contributed by atoms with van der Waals surface area (Å²) in [5.41, 5.74) is 0. The molecular weight excluding hydrogens is 437 g/mol. The number of halogens is 2. The molecule has 2 N–H and O–H groups in total. The second-order valence-corrected chi connectivity index (χ2v) is 8.90. The lowest BCUT2D eigenvalue weighted by Gasteiger charge is -2.29. The largest absolute Gasteiger partial charge is 0.491 e. The van der Waals surface area contributed by atoms with E-state index in [-0.39, 0.29) is 25.2 Å². The molecule has 0 heterocycles. The number of hydrogen-bond donors (Lipinski definition) is 2. The Bertz CT molecular complexity index is 805. The first kappa shape index (κ1) is 23.7. The van der Waals surface area contributed by atoms with Gasteiger partial charge in [0.2, 0.25) is 0 Å². The lowest BCUT2D eigenvalue weighted by Crippen LogP contribution is -2.40. The highest BCUT2D eigenvalue weighted by Gasteiger charge is 2.23. The van der Waals surface area contributed by atoms with Gasteiger partial charge in [0, 0.05) is 16.1 Å². The predicted molar refractivity (Wildman–Crippen MR) is 123 cm³/mol. The zero-order valence-electron chi connectivity index (χ0n) is 17.4. The molecule has 5 nitrogen and oxygen atoms in total. The van der Waals surface area contributed by atoms with E-state index in [1.165, 1.54) is 0 Å². The Morgan fingerprint density at radius 1 is 0.935 bits per heavy atom. The standard InChI is InChI=1S/C24H29Cl2NO4/c25-18-4-11-22(12-5-18)30-15-21(28)10-3-17-1-8-20(9-2-17)27-24(29)16-31-23-13-6-19(26)7-14-23/h4-7,11-14,17,20-21,28H,1-3,8-10,15-16H2,(H,27,29)/t17?,20?,21-/m1/s1. The topological polar surface area (TPSA) is 67.8 Å². The molecule has 0 saturated heterocycles. The number of aliphatic hydroxyl groups excluding tert-OH is 1. The van der Waals surface area contributed by atoms with Crippen LogP contribution in [-0.4, -0.2) is 36.4 Å². The summed E-state index contributed by atoms with van der Waals surface area (Å²) in [4.78, 5) is 12.1. The van der Waals surface area contributed by atoms with Gasteiger partial charge in [-0.3, -0.25) is 4.79 Å². The fraction of sp³-hybridized carbons (Fsp3) is 0.458. The smallest absolute Gasteiger partial charge is 0.258 e. The Labute approximate surface area is 193 Å². The highest BCUT2D eigenvalue weighted by Crippen LogP contribution is 2.28. The van der Waals surface area contributed by atoms with Crippen molar-refractivity contribution in [3.8, 4) is 11.5 Å². The maximum absolute atomic E-state index is 12.1. The van der Waals surface area contributed by atoms with Crippen molar-refractivity contribution >= 4 is 29.1 Å². The zero-order chi connectivity index (χ0) is 22.1. The van der Waals surface area contributed by atoms with Crippen molar-refractivity contribution in [3.63, 3.8) is 0 Å². The average Bonchev–Trinajstić information content (AvgIpc) is 2.78. The molecule has 1 aliphatic rings. The highest BCUT2D eigenvalue weighted by atomic mass is 35.5. The summed E-state index contributed by atoms with van der Waals surface area (Å²) < 4.78 is 11.1. The van der Waals surface area contributed by atoms with Crippen LogP contribution in [0.1, 0.15) is 38.5 Å². The molecular formula is C24H29Cl2NO4. The van der Waals surface area contributed by atoms with E-state index in [0.717, 1.165) is 32.1 Å². The van der Waals surface area contributed by atoms with Crippen LogP contribution in [0.15, 0.2) is 48.5 Å². The van der Waals surface area contributed by atoms with Crippen molar-refractivity contribution in [2.45, 2.75) is 50.7 Å². The minimum atomic E-state index is -0.488. The zero-order valence-corrected chi connectivity index (χ0v) is 18.9. The van der Waals surface area contributed by atoms with Crippen LogP contribution < -0.4 is 14.8 Å². The normalized spacial score (nSPS) is 19.5.